The van der Waals surface area contributed by atoms with E-state index in [0.717, 1.165) is 4.57 Å². The molecule has 6 rings (SSSR count). The van der Waals surface area contributed by atoms with E-state index >= 15 is 0 Å². The number of H-pyrrole nitrogens is 1. The Morgan fingerprint density at radius 2 is 1.76 bits per heavy atom. The van der Waals surface area contributed by atoms with Crippen LogP contribution in [-0.4, -0.2) is 79.7 Å². The number of unbranched alkanes of at least 4 members (excludes halogenated alkanes) is 2. The molecule has 0 bridgehead atoms. The molecule has 0 unspecified atom stereocenters. The molecule has 2 amide bonds. The summed E-state index contributed by atoms with van der Waals surface area (Å²) in [6, 6.07) is 12.9. The zero-order valence-electron chi connectivity index (χ0n) is 29.3. The molecule has 1 fully saturated rings. The van der Waals surface area contributed by atoms with Crippen molar-refractivity contribution in [2.75, 3.05) is 19.7 Å². The topological polar surface area (TPSA) is 250 Å². The van der Waals surface area contributed by atoms with Crippen LogP contribution in [0.4, 0.5) is 0 Å². The summed E-state index contributed by atoms with van der Waals surface area (Å²) in [5.41, 5.74) is -0.0648. The second-order valence-electron chi connectivity index (χ2n) is 13.0. The number of nitrogens with one attached hydrogen (secondary N) is 3. The Morgan fingerprint density at radius 3 is 2.53 bits per heavy atom. The fourth-order valence-corrected chi connectivity index (χ4v) is 6.45. The second kappa shape index (κ2) is 16.8. The zero-order valence-corrected chi connectivity index (χ0v) is 29.3. The summed E-state index contributed by atoms with van der Waals surface area (Å²) in [7, 11) is 0. The smallest absolute Gasteiger partial charge is 0.336 e. The van der Waals surface area contributed by atoms with Gasteiger partial charge in [0, 0.05) is 66.3 Å². The Hall–Kier alpha value is -6.36. The number of carboxylic acids is 1. The van der Waals surface area contributed by atoms with E-state index in [1.54, 1.807) is 18.2 Å². The second-order valence-corrected chi connectivity index (χ2v) is 13.0. The van der Waals surface area contributed by atoms with Crippen LogP contribution in [0.3, 0.4) is 0 Å². The fourth-order valence-electron chi connectivity index (χ4n) is 6.45. The molecule has 0 spiro atoms. The van der Waals surface area contributed by atoms with Crippen LogP contribution in [0.15, 0.2) is 85.7 Å². The highest BCUT2D eigenvalue weighted by Gasteiger charge is 2.35. The summed E-state index contributed by atoms with van der Waals surface area (Å²) in [5, 5.41) is 45.5. The maximum absolute atomic E-state index is 13.0. The van der Waals surface area contributed by atoms with Gasteiger partial charge in [-0.3, -0.25) is 28.7 Å². The van der Waals surface area contributed by atoms with Gasteiger partial charge in [0.1, 0.15) is 29.4 Å². The number of phenols is 1. The van der Waals surface area contributed by atoms with Crippen LogP contribution < -0.4 is 27.3 Å². The van der Waals surface area contributed by atoms with Crippen molar-refractivity contribution in [3.8, 4) is 28.2 Å². The van der Waals surface area contributed by atoms with Gasteiger partial charge in [0.05, 0.1) is 23.8 Å². The lowest BCUT2D eigenvalue weighted by Crippen LogP contribution is -2.33. The van der Waals surface area contributed by atoms with Gasteiger partial charge in [0.25, 0.3) is 11.5 Å². The maximum atomic E-state index is 13.0. The van der Waals surface area contributed by atoms with Crippen LogP contribution in [0, 0.1) is 0 Å². The predicted octanol–water partition coefficient (Wildman–Crippen LogP) is 2.58. The SMILES string of the molecule is O=C(CCCCCNC(=O)c1ccc(-c2c3ccc(=O)cc-3oc3cc(O)ccc23)c(C(=O)O)c1)NC/C=C/c1cn([C@H]2C[C@H](O)[C@@H](CO)O2)c(=O)[nH]c1=O. The van der Waals surface area contributed by atoms with Crippen molar-refractivity contribution in [2.45, 2.75) is 50.5 Å². The van der Waals surface area contributed by atoms with Crippen LogP contribution >= 0.6 is 0 Å². The third-order valence-electron chi connectivity index (χ3n) is 9.23. The Morgan fingerprint density at radius 1 is 0.964 bits per heavy atom. The van der Waals surface area contributed by atoms with E-state index in [2.05, 4.69) is 15.6 Å². The number of ether oxygens (including phenoxy) is 1. The zero-order chi connectivity index (χ0) is 39.2. The average molecular weight is 755 g/mol. The fraction of sp³-hybridized carbons (Fsp3) is 0.282. The number of carboxylic acid groups (broad SMARTS) is 1. The van der Waals surface area contributed by atoms with Crippen LogP contribution in [0.5, 0.6) is 5.75 Å². The third-order valence-corrected chi connectivity index (χ3v) is 9.23. The quantitative estimate of drug-likeness (QED) is 0.0639. The van der Waals surface area contributed by atoms with E-state index < -0.39 is 48.2 Å². The number of hydrogen-bond donors (Lipinski definition) is 7. The Kier molecular flexibility index (Phi) is 11.7. The summed E-state index contributed by atoms with van der Waals surface area (Å²) in [6.45, 7) is -0.0175. The molecule has 16 nitrogen and oxygen atoms in total. The van der Waals surface area contributed by atoms with Gasteiger partial charge in [-0.25, -0.2) is 9.59 Å². The normalized spacial score (nSPS) is 16.9. The third kappa shape index (κ3) is 8.73. The summed E-state index contributed by atoms with van der Waals surface area (Å²) in [6.07, 6.45) is 3.61. The Bertz CT molecular complexity index is 2430. The molecule has 3 aliphatic rings. The molecule has 55 heavy (non-hydrogen) atoms. The van der Waals surface area contributed by atoms with Crippen molar-refractivity contribution < 1.29 is 44.0 Å². The number of aromatic amines is 1. The van der Waals surface area contributed by atoms with Crippen LogP contribution in [0.25, 0.3) is 39.5 Å². The number of nitrogens with zero attached hydrogens (tertiary/aromatic N) is 1. The number of hydrogen-bond acceptors (Lipinski definition) is 11. The molecule has 1 saturated heterocycles. The average Bonchev–Trinajstić information content (AvgIpc) is 3.53. The van der Waals surface area contributed by atoms with E-state index in [9.17, 15) is 49.2 Å². The molecule has 0 radical (unpaired) electrons. The van der Waals surface area contributed by atoms with Gasteiger partial charge < -0.3 is 40.2 Å². The molecule has 3 aromatic rings. The van der Waals surface area contributed by atoms with Gasteiger partial charge >= 0.3 is 11.7 Å². The number of aliphatic hydroxyl groups is 2. The van der Waals surface area contributed by atoms with Gasteiger partial charge in [0.2, 0.25) is 5.91 Å². The molecule has 2 aromatic carbocycles. The lowest BCUT2D eigenvalue weighted by molar-refractivity contribution is -0.121. The van der Waals surface area contributed by atoms with Crippen molar-refractivity contribution >= 4 is 34.8 Å². The first-order valence-electron chi connectivity index (χ1n) is 17.5. The molecular formula is C39H38N4O12. The van der Waals surface area contributed by atoms with Crippen molar-refractivity contribution in [2.24, 2.45) is 0 Å². The highest BCUT2D eigenvalue weighted by Crippen LogP contribution is 2.42. The monoisotopic (exact) mass is 754 g/mol. The number of phenolic OH excluding ortho intramolecular Hbond substituents is 1. The largest absolute Gasteiger partial charge is 0.508 e. The number of carbonyl (C=O) groups excluding carboxylic acids is 2. The van der Waals surface area contributed by atoms with E-state index in [1.807, 2.05) is 0 Å². The van der Waals surface area contributed by atoms with Crippen molar-refractivity contribution in [3.63, 3.8) is 0 Å². The predicted molar refractivity (Wildman–Crippen MR) is 199 cm³/mol. The molecule has 0 saturated carbocycles. The molecule has 16 heteroatoms. The van der Waals surface area contributed by atoms with Gasteiger partial charge in [-0.2, -0.15) is 0 Å². The van der Waals surface area contributed by atoms with Crippen LogP contribution in [-0.2, 0) is 9.53 Å². The van der Waals surface area contributed by atoms with Crippen molar-refractivity contribution in [1.82, 2.24) is 20.2 Å². The van der Waals surface area contributed by atoms with Crippen molar-refractivity contribution in [1.29, 1.82) is 0 Å². The lowest BCUT2D eigenvalue weighted by atomic mass is 9.90. The molecule has 1 aliphatic carbocycles. The standard InChI is InChI=1S/C39H38N4O12/c44-20-32-29(47)18-34(55-32)43-19-22(37(50)42-39(43)53)5-4-14-40-33(48)6-2-1-3-13-41-36(49)21-7-10-25(28(15-21)38(51)52)35-26-11-8-23(45)16-30(26)54-31-17-24(46)9-12-27(31)35/h4-5,7-12,15-17,19,29,32,34,44-45,47H,1-3,6,13-14,18,20H2,(H,40,48)(H,41,49)(H,51,52)(H,42,50,53)/b5-4+/t29-,32+,34+/m0/s1. The van der Waals surface area contributed by atoms with Crippen LogP contribution in [0.1, 0.15) is 64.6 Å². The summed E-state index contributed by atoms with van der Waals surface area (Å²) < 4.78 is 12.5. The number of rotatable bonds is 14. The Labute approximate surface area is 311 Å². The molecule has 3 heterocycles. The van der Waals surface area contributed by atoms with Gasteiger partial charge in [0.15, 0.2) is 5.43 Å². The number of aliphatic hydroxyl groups excluding tert-OH is 2. The number of aromatic nitrogens is 2. The summed E-state index contributed by atoms with van der Waals surface area (Å²) >= 11 is 0. The number of aromatic hydroxyl groups is 1. The lowest BCUT2D eigenvalue weighted by Gasteiger charge is -2.17. The number of amides is 2. The van der Waals surface area contributed by atoms with Gasteiger partial charge in [-0.15, -0.1) is 0 Å². The first-order chi connectivity index (χ1) is 26.4. The number of carbonyl (C=O) groups is 3. The molecule has 286 valence electrons. The number of fused-ring (bicyclic) bond motifs is 2. The molecule has 1 aromatic heterocycles. The van der Waals surface area contributed by atoms with Crippen LogP contribution in [0.2, 0.25) is 0 Å². The van der Waals surface area contributed by atoms with E-state index in [-0.39, 0.29) is 71.1 Å². The van der Waals surface area contributed by atoms with E-state index in [1.165, 1.54) is 54.7 Å². The van der Waals surface area contributed by atoms with Gasteiger partial charge in [-0.1, -0.05) is 24.6 Å². The number of benzene rings is 3. The first-order valence-corrected chi connectivity index (χ1v) is 17.5. The minimum absolute atomic E-state index is 0.0636. The molecule has 7 N–H and O–H groups in total. The highest BCUT2D eigenvalue weighted by atomic mass is 16.5. The summed E-state index contributed by atoms with van der Waals surface area (Å²) in [4.78, 5) is 76.6. The highest BCUT2D eigenvalue weighted by molar-refractivity contribution is 6.09. The minimum atomic E-state index is -1.27. The van der Waals surface area contributed by atoms with E-state index in [0.29, 0.717) is 41.3 Å². The summed E-state index contributed by atoms with van der Waals surface area (Å²) in [5.74, 6) is -1.84. The molecular weight excluding hydrogens is 716 g/mol. The molecule has 2 aliphatic heterocycles. The van der Waals surface area contributed by atoms with Gasteiger partial charge in [-0.05, 0) is 54.8 Å². The maximum Gasteiger partial charge on any atom is 0.336 e. The Balaban J connectivity index is 0.990. The molecule has 3 atom stereocenters. The van der Waals surface area contributed by atoms with Crippen molar-refractivity contribution in [3.05, 3.63) is 115 Å². The minimum Gasteiger partial charge on any atom is -0.508 e. The number of aromatic carboxylic acids is 1. The first kappa shape index (κ1) is 38.4. The van der Waals surface area contributed by atoms with E-state index in [4.69, 9.17) is 9.15 Å².